The molecule has 3 aliphatic heterocycles. The molecule has 5 heterocycles. The second kappa shape index (κ2) is 5.17. The summed E-state index contributed by atoms with van der Waals surface area (Å²) in [6.45, 7) is 6.32. The number of rotatable bonds is 0. The highest BCUT2D eigenvalue weighted by Crippen LogP contribution is 2.51. The number of nitrogens with zero attached hydrogens (tertiary/aromatic N) is 2. The van der Waals surface area contributed by atoms with Crippen molar-refractivity contribution in [3.8, 4) is 0 Å². The van der Waals surface area contributed by atoms with E-state index in [1.54, 1.807) is 0 Å². The molecule has 1 saturated heterocycles. The van der Waals surface area contributed by atoms with Crippen molar-refractivity contribution >= 4 is 49.5 Å². The second-order valence-corrected chi connectivity index (χ2v) is 9.74. The van der Waals surface area contributed by atoms with Gasteiger partial charge in [-0.25, -0.2) is 0 Å². The van der Waals surface area contributed by atoms with Crippen molar-refractivity contribution in [3.05, 3.63) is 59.7 Å². The van der Waals surface area contributed by atoms with Crippen LogP contribution in [0.4, 0.5) is 0 Å². The van der Waals surface area contributed by atoms with Crippen LogP contribution in [-0.2, 0) is 22.7 Å². The Morgan fingerprint density at radius 1 is 0.844 bits per heavy atom. The van der Waals surface area contributed by atoms with Crippen LogP contribution in [0.3, 0.4) is 0 Å². The van der Waals surface area contributed by atoms with Gasteiger partial charge < -0.3 is 24.5 Å². The maximum Gasteiger partial charge on any atom is 0.252 e. The van der Waals surface area contributed by atoms with Crippen molar-refractivity contribution in [1.29, 1.82) is 0 Å². The van der Waals surface area contributed by atoms with Gasteiger partial charge in [-0.3, -0.25) is 4.79 Å². The average Bonchev–Trinajstić information content (AvgIpc) is 3.42. The fraction of sp³-hybridized carbons (Fsp3) is 0.269. The van der Waals surface area contributed by atoms with Crippen molar-refractivity contribution in [1.82, 2.24) is 19.8 Å². The van der Waals surface area contributed by atoms with Crippen LogP contribution in [0.15, 0.2) is 48.5 Å². The van der Waals surface area contributed by atoms with Gasteiger partial charge in [-0.15, -0.1) is 0 Å². The van der Waals surface area contributed by atoms with Gasteiger partial charge >= 0.3 is 0 Å². The lowest BCUT2D eigenvalue weighted by atomic mass is 9.97. The predicted molar refractivity (Wildman–Crippen MR) is 125 cm³/mol. The summed E-state index contributed by atoms with van der Waals surface area (Å²) in [7, 11) is 0. The lowest BCUT2D eigenvalue weighted by Gasteiger charge is -2.46. The molecule has 0 unspecified atom stereocenters. The van der Waals surface area contributed by atoms with Crippen LogP contribution in [0, 0.1) is 0 Å². The lowest BCUT2D eigenvalue weighted by molar-refractivity contribution is -0.232. The Morgan fingerprint density at radius 3 is 2.06 bits per heavy atom. The number of carbonyl (C=O) groups excluding carboxylic acids is 1. The quantitative estimate of drug-likeness (QED) is 0.395. The molecule has 2 atom stereocenters. The molecule has 8 rings (SSSR count). The summed E-state index contributed by atoms with van der Waals surface area (Å²) >= 11 is 0. The Kier molecular flexibility index (Phi) is 2.78. The first kappa shape index (κ1) is 17.2. The fourth-order valence-electron chi connectivity index (χ4n) is 6.75. The summed E-state index contributed by atoms with van der Waals surface area (Å²) in [4.78, 5) is 13.2. The number of hydrogen-bond acceptors (Lipinski definition) is 3. The molecule has 0 spiro atoms. The molecule has 5 aromatic rings. The molecule has 3 aliphatic rings. The van der Waals surface area contributed by atoms with Crippen LogP contribution in [0.1, 0.15) is 29.8 Å². The minimum Gasteiger partial charge on any atom is -0.348 e. The molecule has 3 aromatic carbocycles. The van der Waals surface area contributed by atoms with Gasteiger partial charge in [-0.2, -0.15) is 0 Å². The maximum absolute atomic E-state index is 13.2. The number of para-hydroxylation sites is 2. The molecule has 6 heteroatoms. The normalized spacial score (nSPS) is 26.4. The largest absolute Gasteiger partial charge is 0.348 e. The molecule has 1 amide bonds. The first-order chi connectivity index (χ1) is 15.5. The number of ether oxygens (including phenoxy) is 1. The smallest absolute Gasteiger partial charge is 0.252 e. The van der Waals surface area contributed by atoms with E-state index in [-0.39, 0.29) is 5.91 Å². The van der Waals surface area contributed by atoms with Gasteiger partial charge in [0, 0.05) is 41.2 Å². The topological polar surface area (TPSA) is 60.2 Å². The fourth-order valence-corrected chi connectivity index (χ4v) is 6.75. The standard InChI is InChI=1S/C26H22N4O2/c1-25-12-27-13-26(2,32-25)30-18-10-6-4-8-15(18)20-21-16(11-28-24(21)31)19-14-7-3-5-9-17(14)29(25)22(19)23(20)30/h3-10,27H,11-13H2,1-2H3,(H,28,31)/t25-,26+/m0/s1. The van der Waals surface area contributed by atoms with Crippen LogP contribution in [0.2, 0.25) is 0 Å². The monoisotopic (exact) mass is 422 g/mol. The van der Waals surface area contributed by atoms with E-state index in [1.165, 1.54) is 16.3 Å². The molecular weight excluding hydrogens is 400 g/mol. The lowest BCUT2D eigenvalue weighted by Crippen LogP contribution is -2.58. The Morgan fingerprint density at radius 2 is 1.41 bits per heavy atom. The van der Waals surface area contributed by atoms with Crippen molar-refractivity contribution in [2.24, 2.45) is 0 Å². The van der Waals surface area contributed by atoms with Crippen LogP contribution in [-0.4, -0.2) is 28.1 Å². The molecule has 2 N–H and O–H groups in total. The van der Waals surface area contributed by atoms with Gasteiger partial charge in [0.25, 0.3) is 5.91 Å². The molecule has 158 valence electrons. The van der Waals surface area contributed by atoms with Crippen molar-refractivity contribution in [3.63, 3.8) is 0 Å². The predicted octanol–water partition coefficient (Wildman–Crippen LogP) is 4.12. The van der Waals surface area contributed by atoms with Crippen molar-refractivity contribution < 1.29 is 9.53 Å². The molecule has 1 fully saturated rings. The summed E-state index contributed by atoms with van der Waals surface area (Å²) in [5.41, 5.74) is 5.28. The number of amides is 1. The third kappa shape index (κ3) is 1.70. The van der Waals surface area contributed by atoms with Gasteiger partial charge in [0.2, 0.25) is 0 Å². The Hall–Kier alpha value is -3.35. The molecule has 0 aliphatic carbocycles. The van der Waals surface area contributed by atoms with E-state index in [4.69, 9.17) is 4.74 Å². The summed E-state index contributed by atoms with van der Waals surface area (Å²) in [5, 5.41) is 11.3. The molecule has 32 heavy (non-hydrogen) atoms. The van der Waals surface area contributed by atoms with E-state index in [2.05, 4.69) is 82.1 Å². The van der Waals surface area contributed by atoms with Gasteiger partial charge in [0.05, 0.1) is 27.6 Å². The van der Waals surface area contributed by atoms with Gasteiger partial charge in [-0.05, 0) is 31.5 Å². The molecule has 6 nitrogen and oxygen atoms in total. The van der Waals surface area contributed by atoms with E-state index < -0.39 is 11.4 Å². The highest BCUT2D eigenvalue weighted by Gasteiger charge is 2.49. The highest BCUT2D eigenvalue weighted by atomic mass is 16.6. The minimum absolute atomic E-state index is 0.0178. The van der Waals surface area contributed by atoms with E-state index >= 15 is 0 Å². The number of hydrogen-bond donors (Lipinski definition) is 2. The van der Waals surface area contributed by atoms with Crippen molar-refractivity contribution in [2.45, 2.75) is 31.8 Å². The van der Waals surface area contributed by atoms with E-state index in [0.717, 1.165) is 45.0 Å². The Labute approximate surface area is 183 Å². The van der Waals surface area contributed by atoms with Gasteiger partial charge in [-0.1, -0.05) is 36.4 Å². The number of benzene rings is 3. The summed E-state index contributed by atoms with van der Waals surface area (Å²) in [5.74, 6) is 0.0178. The number of aromatic nitrogens is 2. The number of fused-ring (bicyclic) bond motifs is 13. The van der Waals surface area contributed by atoms with E-state index in [0.29, 0.717) is 13.1 Å². The van der Waals surface area contributed by atoms with Gasteiger partial charge in [0.15, 0.2) is 11.4 Å². The molecule has 0 radical (unpaired) electrons. The number of carbonyl (C=O) groups is 1. The van der Waals surface area contributed by atoms with Crippen LogP contribution in [0.25, 0.3) is 43.6 Å². The summed E-state index contributed by atoms with van der Waals surface area (Å²) in [6, 6.07) is 16.9. The van der Waals surface area contributed by atoms with E-state index in [1.807, 2.05) is 0 Å². The van der Waals surface area contributed by atoms with Crippen molar-refractivity contribution in [2.75, 3.05) is 13.1 Å². The summed E-state index contributed by atoms with van der Waals surface area (Å²) in [6.07, 6.45) is 0. The molecule has 2 bridgehead atoms. The van der Waals surface area contributed by atoms with Gasteiger partial charge in [0.1, 0.15) is 0 Å². The Balaban J connectivity index is 1.81. The number of nitrogens with one attached hydrogen (secondary N) is 2. The maximum atomic E-state index is 13.2. The third-order valence-corrected chi connectivity index (χ3v) is 7.77. The number of morpholine rings is 1. The molecule has 2 aromatic heterocycles. The summed E-state index contributed by atoms with van der Waals surface area (Å²) < 4.78 is 11.8. The first-order valence-corrected chi connectivity index (χ1v) is 11.2. The zero-order valence-corrected chi connectivity index (χ0v) is 18.0. The second-order valence-electron chi connectivity index (χ2n) is 9.74. The Bertz CT molecular complexity index is 1690. The minimum atomic E-state index is -0.593. The average molecular weight is 422 g/mol. The first-order valence-electron chi connectivity index (χ1n) is 11.2. The zero-order valence-electron chi connectivity index (χ0n) is 18.0. The van der Waals surface area contributed by atoms with Crippen LogP contribution >= 0.6 is 0 Å². The van der Waals surface area contributed by atoms with Crippen LogP contribution in [0.5, 0.6) is 0 Å². The molecule has 0 saturated carbocycles. The molecular formula is C26H22N4O2. The highest BCUT2D eigenvalue weighted by molar-refractivity contribution is 6.31. The van der Waals surface area contributed by atoms with Crippen LogP contribution < -0.4 is 10.6 Å². The SMILES string of the molecule is C[C@]12CNC[C@](C)(O1)n1c3ccccc3c3c4c(c5c6ccccc6n2c5c31)C(=O)NC4. The third-order valence-electron chi connectivity index (χ3n) is 7.77. The van der Waals surface area contributed by atoms with E-state index in [9.17, 15) is 4.79 Å². The zero-order chi connectivity index (χ0) is 21.4.